The first-order valence-corrected chi connectivity index (χ1v) is 9.22. The molecule has 0 aliphatic carbocycles. The van der Waals surface area contributed by atoms with Crippen LogP contribution in [0.3, 0.4) is 0 Å². The monoisotopic (exact) mass is 362 g/mol. The minimum absolute atomic E-state index is 0.218. The second-order valence-corrected chi connectivity index (χ2v) is 7.53. The first-order valence-electron chi connectivity index (χ1n) is 7.74. The van der Waals surface area contributed by atoms with Gasteiger partial charge in [-0.3, -0.25) is 4.79 Å². The molecule has 0 aliphatic heterocycles. The van der Waals surface area contributed by atoms with Gasteiger partial charge in [0, 0.05) is 5.69 Å². The molecule has 0 heterocycles. The Labute approximate surface area is 148 Å². The molecule has 2 aromatic carbocycles. The molecule has 0 unspecified atom stereocenters. The zero-order valence-corrected chi connectivity index (χ0v) is 15.5. The predicted molar refractivity (Wildman–Crippen MR) is 97.5 cm³/mol. The van der Waals surface area contributed by atoms with E-state index < -0.39 is 15.9 Å². The van der Waals surface area contributed by atoms with Crippen molar-refractivity contribution in [2.24, 2.45) is 0 Å². The first-order chi connectivity index (χ1) is 11.7. The fourth-order valence-electron chi connectivity index (χ4n) is 2.70. The van der Waals surface area contributed by atoms with Gasteiger partial charge in [0.25, 0.3) is 0 Å². The van der Waals surface area contributed by atoms with Gasteiger partial charge in [-0.1, -0.05) is 17.7 Å². The molecule has 7 heteroatoms. The maximum Gasteiger partial charge on any atom is 0.241 e. The van der Waals surface area contributed by atoms with Gasteiger partial charge in [-0.2, -0.15) is 0 Å². The van der Waals surface area contributed by atoms with E-state index >= 15 is 0 Å². The zero-order valence-electron chi connectivity index (χ0n) is 14.7. The average molecular weight is 362 g/mol. The molecule has 0 fully saturated rings. The summed E-state index contributed by atoms with van der Waals surface area (Å²) < 4.78 is 32.4. The highest BCUT2D eigenvalue weighted by Gasteiger charge is 2.20. The van der Waals surface area contributed by atoms with E-state index in [1.807, 2.05) is 6.92 Å². The van der Waals surface area contributed by atoms with Crippen molar-refractivity contribution in [1.29, 1.82) is 0 Å². The summed E-state index contributed by atoms with van der Waals surface area (Å²) in [5.41, 5.74) is 2.86. The Morgan fingerprint density at radius 1 is 1.04 bits per heavy atom. The summed E-state index contributed by atoms with van der Waals surface area (Å²) in [7, 11) is -2.21. The van der Waals surface area contributed by atoms with Crippen molar-refractivity contribution in [3.63, 3.8) is 0 Å². The van der Waals surface area contributed by atoms with Crippen LogP contribution in [0.4, 0.5) is 5.69 Å². The van der Waals surface area contributed by atoms with Crippen LogP contribution in [0.15, 0.2) is 41.3 Å². The molecule has 2 N–H and O–H groups in total. The molecule has 2 aromatic rings. The molecule has 134 valence electrons. The number of anilines is 1. The van der Waals surface area contributed by atoms with Crippen LogP contribution in [-0.2, 0) is 14.8 Å². The largest absolute Gasteiger partial charge is 0.497 e. The first kappa shape index (κ1) is 19.0. The molecule has 0 atom stereocenters. The Morgan fingerprint density at radius 3 is 2.12 bits per heavy atom. The highest BCUT2D eigenvalue weighted by molar-refractivity contribution is 7.89. The molecular weight excluding hydrogens is 340 g/mol. The molecular formula is C18H22N2O4S. The third kappa shape index (κ3) is 4.80. The molecule has 0 saturated heterocycles. The van der Waals surface area contributed by atoms with Gasteiger partial charge >= 0.3 is 0 Å². The van der Waals surface area contributed by atoms with Crippen molar-refractivity contribution < 1.29 is 17.9 Å². The maximum absolute atomic E-state index is 12.5. The van der Waals surface area contributed by atoms with Gasteiger partial charge in [0.15, 0.2) is 0 Å². The minimum atomic E-state index is -3.77. The highest BCUT2D eigenvalue weighted by atomic mass is 32.2. The van der Waals surface area contributed by atoms with Gasteiger partial charge in [-0.05, 0) is 56.2 Å². The average Bonchev–Trinajstić information content (AvgIpc) is 2.52. The molecule has 0 spiro atoms. The number of amides is 1. The molecule has 0 aromatic heterocycles. The molecule has 2 rings (SSSR count). The van der Waals surface area contributed by atoms with Crippen LogP contribution in [-0.4, -0.2) is 28.0 Å². The van der Waals surface area contributed by atoms with E-state index in [4.69, 9.17) is 4.74 Å². The SMILES string of the molecule is COc1ccc(NC(=O)CNS(=O)(=O)c2c(C)cc(C)cc2C)cc1. The minimum Gasteiger partial charge on any atom is -0.497 e. The number of sulfonamides is 1. The van der Waals surface area contributed by atoms with Crippen molar-refractivity contribution >= 4 is 21.6 Å². The predicted octanol–water partition coefficient (Wildman–Crippen LogP) is 2.54. The lowest BCUT2D eigenvalue weighted by molar-refractivity contribution is -0.115. The Bertz CT molecular complexity index is 851. The van der Waals surface area contributed by atoms with Crippen LogP contribution >= 0.6 is 0 Å². The number of methoxy groups -OCH3 is 1. The van der Waals surface area contributed by atoms with Gasteiger partial charge in [0.2, 0.25) is 15.9 Å². The van der Waals surface area contributed by atoms with E-state index in [2.05, 4.69) is 10.0 Å². The number of rotatable bonds is 6. The highest BCUT2D eigenvalue weighted by Crippen LogP contribution is 2.21. The lowest BCUT2D eigenvalue weighted by Gasteiger charge is -2.13. The molecule has 0 saturated carbocycles. The van der Waals surface area contributed by atoms with Crippen molar-refractivity contribution in [2.45, 2.75) is 25.7 Å². The number of hydrogen-bond acceptors (Lipinski definition) is 4. The van der Waals surface area contributed by atoms with E-state index in [0.717, 1.165) is 5.56 Å². The summed E-state index contributed by atoms with van der Waals surface area (Å²) in [6.07, 6.45) is 0. The van der Waals surface area contributed by atoms with Crippen LogP contribution in [0.2, 0.25) is 0 Å². The number of benzene rings is 2. The second-order valence-electron chi connectivity index (χ2n) is 5.83. The van der Waals surface area contributed by atoms with Crippen LogP contribution in [0.5, 0.6) is 5.75 Å². The summed E-state index contributed by atoms with van der Waals surface area (Å²) in [6, 6.07) is 10.4. The summed E-state index contributed by atoms with van der Waals surface area (Å²) in [5, 5.41) is 2.63. The molecule has 25 heavy (non-hydrogen) atoms. The normalized spacial score (nSPS) is 11.2. The number of nitrogens with one attached hydrogen (secondary N) is 2. The van der Waals surface area contributed by atoms with Crippen molar-refractivity contribution in [1.82, 2.24) is 4.72 Å². The topological polar surface area (TPSA) is 84.5 Å². The Hall–Kier alpha value is -2.38. The molecule has 0 radical (unpaired) electrons. The number of ether oxygens (including phenoxy) is 1. The Kier molecular flexibility index (Phi) is 5.81. The van der Waals surface area contributed by atoms with Crippen LogP contribution < -0.4 is 14.8 Å². The summed E-state index contributed by atoms with van der Waals surface area (Å²) in [6.45, 7) is 5.05. The van der Waals surface area contributed by atoms with Crippen LogP contribution in [0.1, 0.15) is 16.7 Å². The van der Waals surface area contributed by atoms with E-state index in [0.29, 0.717) is 22.6 Å². The van der Waals surface area contributed by atoms with Gasteiger partial charge < -0.3 is 10.1 Å². The molecule has 0 aliphatic rings. The van der Waals surface area contributed by atoms with E-state index in [-0.39, 0.29) is 11.4 Å². The molecule has 6 nitrogen and oxygen atoms in total. The fraction of sp³-hybridized carbons (Fsp3) is 0.278. The quantitative estimate of drug-likeness (QED) is 0.827. The van der Waals surface area contributed by atoms with Gasteiger partial charge in [-0.15, -0.1) is 0 Å². The van der Waals surface area contributed by atoms with Crippen molar-refractivity contribution in [3.05, 3.63) is 53.1 Å². The van der Waals surface area contributed by atoms with E-state index in [9.17, 15) is 13.2 Å². The number of aryl methyl sites for hydroxylation is 3. The Balaban J connectivity index is 2.05. The van der Waals surface area contributed by atoms with Gasteiger partial charge in [0.05, 0.1) is 18.6 Å². The summed E-state index contributed by atoms with van der Waals surface area (Å²) in [4.78, 5) is 12.2. The lowest BCUT2D eigenvalue weighted by Crippen LogP contribution is -2.33. The number of carbonyl (C=O) groups excluding carboxylic acids is 1. The fourth-order valence-corrected chi connectivity index (χ4v) is 4.13. The third-order valence-electron chi connectivity index (χ3n) is 3.67. The van der Waals surface area contributed by atoms with Gasteiger partial charge in [0.1, 0.15) is 5.75 Å². The van der Waals surface area contributed by atoms with Crippen molar-refractivity contribution in [2.75, 3.05) is 19.0 Å². The van der Waals surface area contributed by atoms with Gasteiger partial charge in [-0.25, -0.2) is 13.1 Å². The smallest absolute Gasteiger partial charge is 0.241 e. The standard InChI is InChI=1S/C18H22N2O4S/c1-12-9-13(2)18(14(3)10-12)25(22,23)19-11-17(21)20-15-5-7-16(24-4)8-6-15/h5-10,19H,11H2,1-4H3,(H,20,21). The van der Waals surface area contributed by atoms with E-state index in [1.54, 1.807) is 57.4 Å². The maximum atomic E-state index is 12.5. The summed E-state index contributed by atoms with van der Waals surface area (Å²) >= 11 is 0. The third-order valence-corrected chi connectivity index (χ3v) is 5.38. The van der Waals surface area contributed by atoms with Crippen LogP contribution in [0.25, 0.3) is 0 Å². The Morgan fingerprint density at radius 2 is 1.60 bits per heavy atom. The molecule has 0 bridgehead atoms. The molecule has 1 amide bonds. The van der Waals surface area contributed by atoms with E-state index in [1.165, 1.54) is 0 Å². The van der Waals surface area contributed by atoms with Crippen molar-refractivity contribution in [3.8, 4) is 5.75 Å². The lowest BCUT2D eigenvalue weighted by atomic mass is 10.1. The number of hydrogen-bond donors (Lipinski definition) is 2. The van der Waals surface area contributed by atoms with Crippen LogP contribution in [0, 0.1) is 20.8 Å². The number of carbonyl (C=O) groups is 1. The summed E-state index contributed by atoms with van der Waals surface area (Å²) in [5.74, 6) is 0.222. The zero-order chi connectivity index (χ0) is 18.6. The second kappa shape index (κ2) is 7.67.